The molecule has 400 valence electrons. The molecule has 0 aromatic carbocycles. The molecule has 0 saturated heterocycles. The minimum absolute atomic E-state index is 0.0863. The molecule has 1 unspecified atom stereocenters. The lowest BCUT2D eigenvalue weighted by Crippen LogP contribution is -2.30. The van der Waals surface area contributed by atoms with Crippen LogP contribution in [0.25, 0.3) is 0 Å². The fourth-order valence-corrected chi connectivity index (χ4v) is 8.55. The van der Waals surface area contributed by atoms with Crippen LogP contribution in [0.5, 0.6) is 0 Å². The number of ether oxygens (including phenoxy) is 3. The second kappa shape index (κ2) is 57.7. The van der Waals surface area contributed by atoms with E-state index >= 15 is 0 Å². The van der Waals surface area contributed by atoms with Gasteiger partial charge >= 0.3 is 17.9 Å². The zero-order valence-corrected chi connectivity index (χ0v) is 45.8. The summed E-state index contributed by atoms with van der Waals surface area (Å²) in [5.74, 6) is -0.920. The van der Waals surface area contributed by atoms with Crippen molar-refractivity contribution in [2.45, 2.75) is 309 Å². The van der Waals surface area contributed by atoms with Gasteiger partial charge in [-0.15, -0.1) is 0 Å². The van der Waals surface area contributed by atoms with Crippen molar-refractivity contribution < 1.29 is 28.6 Å². The van der Waals surface area contributed by atoms with E-state index in [1.165, 1.54) is 180 Å². The zero-order valence-electron chi connectivity index (χ0n) is 45.8. The summed E-state index contributed by atoms with van der Waals surface area (Å²) >= 11 is 0. The van der Waals surface area contributed by atoms with Gasteiger partial charge in [-0.05, 0) is 83.5 Å². The molecule has 0 aliphatic heterocycles. The van der Waals surface area contributed by atoms with Crippen molar-refractivity contribution in [3.8, 4) is 0 Å². The van der Waals surface area contributed by atoms with Crippen LogP contribution in [0.2, 0.25) is 0 Å². The standard InChI is InChI=1S/C63H112O6/c1-4-7-10-13-16-19-22-25-28-30-31-33-35-38-41-44-47-50-53-56-62(65)68-59-60(58-67-61(64)55-52-49-46-43-40-37-34-27-24-21-18-15-12-9-6-3)69-63(66)57-54-51-48-45-42-39-36-32-29-26-23-20-17-14-11-8-5-2/h9,12,18,21,26-27,29,34,40,43,60H,4-8,10-11,13-17,19-20,22-25,28,30-33,35-39,41-42,44-59H2,1-3H3/b12-9-,21-18-,29-26-,34-27-,43-40-. The van der Waals surface area contributed by atoms with E-state index in [9.17, 15) is 14.4 Å². The van der Waals surface area contributed by atoms with Gasteiger partial charge in [-0.1, -0.05) is 261 Å². The maximum atomic E-state index is 12.9. The van der Waals surface area contributed by atoms with E-state index in [1.54, 1.807) is 0 Å². The molecule has 0 aliphatic carbocycles. The lowest BCUT2D eigenvalue weighted by molar-refractivity contribution is -0.167. The highest BCUT2D eigenvalue weighted by Gasteiger charge is 2.19. The highest BCUT2D eigenvalue weighted by molar-refractivity contribution is 5.71. The smallest absolute Gasteiger partial charge is 0.306 e. The van der Waals surface area contributed by atoms with Gasteiger partial charge in [-0.2, -0.15) is 0 Å². The molecular weight excluding hydrogens is 853 g/mol. The van der Waals surface area contributed by atoms with Crippen molar-refractivity contribution in [1.29, 1.82) is 0 Å². The summed E-state index contributed by atoms with van der Waals surface area (Å²) in [6.45, 7) is 6.52. The quantitative estimate of drug-likeness (QED) is 0.0262. The molecule has 0 rings (SSSR count). The largest absolute Gasteiger partial charge is 0.462 e. The number of carbonyl (C=O) groups is 3. The Labute approximate surface area is 428 Å². The van der Waals surface area contributed by atoms with Gasteiger partial charge in [-0.3, -0.25) is 14.4 Å². The molecule has 0 heterocycles. The Hall–Kier alpha value is -2.89. The number of hydrogen-bond acceptors (Lipinski definition) is 6. The second-order valence-electron chi connectivity index (χ2n) is 19.9. The molecule has 6 heteroatoms. The first-order valence-electron chi connectivity index (χ1n) is 29.8. The predicted molar refractivity (Wildman–Crippen MR) is 298 cm³/mol. The van der Waals surface area contributed by atoms with Crippen LogP contribution in [0.3, 0.4) is 0 Å². The predicted octanol–water partition coefficient (Wildman–Crippen LogP) is 20.0. The van der Waals surface area contributed by atoms with Crippen molar-refractivity contribution in [3.05, 3.63) is 60.8 Å². The molecule has 0 bridgehead atoms. The van der Waals surface area contributed by atoms with Gasteiger partial charge in [-0.25, -0.2) is 0 Å². The summed E-state index contributed by atoms with van der Waals surface area (Å²) in [5.41, 5.74) is 0. The number of hydrogen-bond donors (Lipinski definition) is 0. The summed E-state index contributed by atoms with van der Waals surface area (Å²) in [5, 5.41) is 0. The van der Waals surface area contributed by atoms with E-state index in [0.717, 1.165) is 83.5 Å². The summed E-state index contributed by atoms with van der Waals surface area (Å²) in [6, 6.07) is 0. The molecule has 0 aromatic rings. The molecule has 0 N–H and O–H groups in total. The fourth-order valence-electron chi connectivity index (χ4n) is 8.55. The molecule has 1 atom stereocenters. The summed E-state index contributed by atoms with van der Waals surface area (Å²) in [7, 11) is 0. The van der Waals surface area contributed by atoms with E-state index in [4.69, 9.17) is 14.2 Å². The average Bonchev–Trinajstić information content (AvgIpc) is 3.35. The first-order valence-corrected chi connectivity index (χ1v) is 29.8. The molecular formula is C63H112O6. The molecule has 69 heavy (non-hydrogen) atoms. The van der Waals surface area contributed by atoms with Crippen LogP contribution in [-0.4, -0.2) is 37.2 Å². The van der Waals surface area contributed by atoms with Crippen LogP contribution < -0.4 is 0 Å². The van der Waals surface area contributed by atoms with Crippen LogP contribution in [0.1, 0.15) is 303 Å². The van der Waals surface area contributed by atoms with Gasteiger partial charge in [0.25, 0.3) is 0 Å². The molecule has 6 nitrogen and oxygen atoms in total. The highest BCUT2D eigenvalue weighted by Crippen LogP contribution is 2.16. The number of rotatable bonds is 54. The maximum absolute atomic E-state index is 12.9. The first kappa shape index (κ1) is 66.1. The monoisotopic (exact) mass is 965 g/mol. The number of allylic oxidation sites excluding steroid dienone is 10. The third kappa shape index (κ3) is 55.9. The Morgan fingerprint density at radius 3 is 0.928 bits per heavy atom. The Kier molecular flexibility index (Phi) is 55.3. The van der Waals surface area contributed by atoms with E-state index in [2.05, 4.69) is 81.5 Å². The van der Waals surface area contributed by atoms with Gasteiger partial charge in [0, 0.05) is 19.3 Å². The van der Waals surface area contributed by atoms with Crippen LogP contribution in [0.15, 0.2) is 60.8 Å². The molecule has 0 aromatic heterocycles. The van der Waals surface area contributed by atoms with Crippen molar-refractivity contribution >= 4 is 17.9 Å². The number of esters is 3. The van der Waals surface area contributed by atoms with Crippen LogP contribution >= 0.6 is 0 Å². The fraction of sp³-hybridized carbons (Fsp3) is 0.794. The Balaban J connectivity index is 4.39. The Bertz CT molecular complexity index is 1250. The van der Waals surface area contributed by atoms with Crippen LogP contribution in [-0.2, 0) is 28.6 Å². The molecule has 0 amide bonds. The SMILES string of the molecule is CC/C=C\C/C=C\C/C=C\C/C=C\CCCCC(=O)OCC(COC(=O)CCCCCCCCCCCCCCCCCCCCC)OC(=O)CCCCCCCCC/C=C\CCCCCCCC. The van der Waals surface area contributed by atoms with Crippen molar-refractivity contribution in [2.75, 3.05) is 13.2 Å². The third-order valence-corrected chi connectivity index (χ3v) is 13.0. The summed E-state index contributed by atoms with van der Waals surface area (Å²) in [6.07, 6.45) is 72.2. The van der Waals surface area contributed by atoms with E-state index in [0.29, 0.717) is 19.3 Å². The van der Waals surface area contributed by atoms with Crippen LogP contribution in [0, 0.1) is 0 Å². The normalized spacial score (nSPS) is 12.4. The van der Waals surface area contributed by atoms with E-state index in [-0.39, 0.29) is 31.1 Å². The van der Waals surface area contributed by atoms with Gasteiger partial charge < -0.3 is 14.2 Å². The average molecular weight is 966 g/mol. The van der Waals surface area contributed by atoms with Gasteiger partial charge in [0.05, 0.1) is 0 Å². The zero-order chi connectivity index (χ0) is 50.0. The van der Waals surface area contributed by atoms with Gasteiger partial charge in [0.2, 0.25) is 0 Å². The van der Waals surface area contributed by atoms with Gasteiger partial charge in [0.15, 0.2) is 6.10 Å². The van der Waals surface area contributed by atoms with Crippen LogP contribution in [0.4, 0.5) is 0 Å². The lowest BCUT2D eigenvalue weighted by atomic mass is 10.0. The Morgan fingerprint density at radius 1 is 0.304 bits per heavy atom. The first-order chi connectivity index (χ1) is 34.0. The number of unbranched alkanes of at least 4 members (excludes halogenated alkanes) is 33. The topological polar surface area (TPSA) is 78.9 Å². The third-order valence-electron chi connectivity index (χ3n) is 13.0. The van der Waals surface area contributed by atoms with Crippen molar-refractivity contribution in [1.82, 2.24) is 0 Å². The molecule has 0 fully saturated rings. The molecule has 0 spiro atoms. The van der Waals surface area contributed by atoms with Crippen molar-refractivity contribution in [2.24, 2.45) is 0 Å². The summed E-state index contributed by atoms with van der Waals surface area (Å²) < 4.78 is 16.9. The maximum Gasteiger partial charge on any atom is 0.306 e. The second-order valence-corrected chi connectivity index (χ2v) is 19.9. The lowest BCUT2D eigenvalue weighted by Gasteiger charge is -2.18. The molecule has 0 radical (unpaired) electrons. The van der Waals surface area contributed by atoms with E-state index in [1.807, 2.05) is 0 Å². The minimum Gasteiger partial charge on any atom is -0.462 e. The van der Waals surface area contributed by atoms with E-state index < -0.39 is 6.10 Å². The number of carbonyl (C=O) groups excluding carboxylic acids is 3. The van der Waals surface area contributed by atoms with Crippen molar-refractivity contribution in [3.63, 3.8) is 0 Å². The molecule has 0 aliphatic rings. The highest BCUT2D eigenvalue weighted by atomic mass is 16.6. The van der Waals surface area contributed by atoms with Gasteiger partial charge in [0.1, 0.15) is 13.2 Å². The Morgan fingerprint density at radius 2 is 0.565 bits per heavy atom. The summed E-state index contributed by atoms with van der Waals surface area (Å²) in [4.78, 5) is 38.2. The molecule has 0 saturated carbocycles. The minimum atomic E-state index is -0.792.